The fraction of sp³-hybridized carbons (Fsp3) is 0.562. The number of carbonyl (C=O) groups excluding carboxylic acids is 1. The monoisotopic (exact) mass is 260 g/mol. The second-order valence-electron chi connectivity index (χ2n) is 5.50. The van der Waals surface area contributed by atoms with E-state index in [1.165, 1.54) is 5.56 Å². The Bertz CT molecular complexity index is 429. The molecule has 0 unspecified atom stereocenters. The normalized spacial score (nSPS) is 30.3. The smallest absolute Gasteiger partial charge is 0.138 e. The molecule has 0 aromatic heterocycles. The van der Waals surface area contributed by atoms with Gasteiger partial charge in [0.15, 0.2) is 0 Å². The van der Waals surface area contributed by atoms with Gasteiger partial charge in [0.25, 0.3) is 0 Å². The zero-order chi connectivity index (χ0) is 13.1. The summed E-state index contributed by atoms with van der Waals surface area (Å²) in [4.78, 5) is 11.8. The van der Waals surface area contributed by atoms with Crippen molar-refractivity contribution < 1.29 is 14.3 Å². The van der Waals surface area contributed by atoms with Crippen molar-refractivity contribution in [2.75, 3.05) is 6.61 Å². The summed E-state index contributed by atoms with van der Waals surface area (Å²) < 4.78 is 11.6. The molecule has 3 atom stereocenters. The minimum absolute atomic E-state index is 0.0979. The molecule has 0 N–H and O–H groups in total. The standard InChI is InChI=1S/C16H20O3/c17-15-7-4-8-16-14(15)9-13(19-16)11-18-10-12-5-2-1-3-6-12/h1-3,5-6,13-14,16H,4,7-11H2/t13-,14+,16-/m1/s1. The number of hydrogen-bond donors (Lipinski definition) is 0. The number of benzene rings is 1. The van der Waals surface area contributed by atoms with Crippen LogP contribution in [0.1, 0.15) is 31.2 Å². The van der Waals surface area contributed by atoms with Gasteiger partial charge >= 0.3 is 0 Å². The van der Waals surface area contributed by atoms with Crippen LogP contribution in [0.5, 0.6) is 0 Å². The third-order valence-corrected chi connectivity index (χ3v) is 4.07. The van der Waals surface area contributed by atoms with Crippen molar-refractivity contribution in [1.82, 2.24) is 0 Å². The molecule has 19 heavy (non-hydrogen) atoms. The van der Waals surface area contributed by atoms with Crippen LogP contribution in [0.15, 0.2) is 30.3 Å². The molecule has 1 aromatic carbocycles. The summed E-state index contributed by atoms with van der Waals surface area (Å²) in [5, 5.41) is 0. The van der Waals surface area contributed by atoms with E-state index in [2.05, 4.69) is 12.1 Å². The van der Waals surface area contributed by atoms with E-state index in [9.17, 15) is 4.79 Å². The van der Waals surface area contributed by atoms with Gasteiger partial charge in [0, 0.05) is 12.3 Å². The number of Topliss-reactive ketones (excluding diaryl/α,β-unsaturated/α-hetero) is 1. The first-order valence-electron chi connectivity index (χ1n) is 7.13. The zero-order valence-corrected chi connectivity index (χ0v) is 11.1. The van der Waals surface area contributed by atoms with Crippen LogP contribution in [0.3, 0.4) is 0 Å². The molecule has 3 rings (SSSR count). The van der Waals surface area contributed by atoms with Gasteiger partial charge in [-0.3, -0.25) is 4.79 Å². The van der Waals surface area contributed by atoms with Crippen LogP contribution in [0, 0.1) is 5.92 Å². The van der Waals surface area contributed by atoms with Crippen LogP contribution < -0.4 is 0 Å². The lowest BCUT2D eigenvalue weighted by Crippen LogP contribution is -2.28. The van der Waals surface area contributed by atoms with Crippen molar-refractivity contribution in [1.29, 1.82) is 0 Å². The average molecular weight is 260 g/mol. The summed E-state index contributed by atoms with van der Waals surface area (Å²) in [6.07, 6.45) is 3.86. The van der Waals surface area contributed by atoms with Crippen molar-refractivity contribution in [3.05, 3.63) is 35.9 Å². The minimum atomic E-state index is 0.0979. The summed E-state index contributed by atoms with van der Waals surface area (Å²) >= 11 is 0. The Labute approximate surface area is 113 Å². The lowest BCUT2D eigenvalue weighted by molar-refractivity contribution is -0.127. The van der Waals surface area contributed by atoms with Crippen molar-refractivity contribution in [3.8, 4) is 0 Å². The van der Waals surface area contributed by atoms with Crippen LogP contribution in [0.25, 0.3) is 0 Å². The molecular weight excluding hydrogens is 240 g/mol. The first kappa shape index (κ1) is 12.8. The molecule has 0 amide bonds. The van der Waals surface area contributed by atoms with Gasteiger partial charge in [-0.1, -0.05) is 30.3 Å². The van der Waals surface area contributed by atoms with Crippen molar-refractivity contribution in [2.24, 2.45) is 5.92 Å². The molecule has 1 saturated carbocycles. The SMILES string of the molecule is O=C1CCC[C@H]2O[C@@H](COCc3ccccc3)C[C@@H]12. The number of hydrogen-bond acceptors (Lipinski definition) is 3. The highest BCUT2D eigenvalue weighted by atomic mass is 16.5. The van der Waals surface area contributed by atoms with E-state index in [-0.39, 0.29) is 18.1 Å². The molecule has 0 spiro atoms. The van der Waals surface area contributed by atoms with E-state index in [1.54, 1.807) is 0 Å². The molecule has 2 aliphatic rings. The third-order valence-electron chi connectivity index (χ3n) is 4.07. The Morgan fingerprint density at radius 2 is 2.11 bits per heavy atom. The average Bonchev–Trinajstić information content (AvgIpc) is 2.84. The zero-order valence-electron chi connectivity index (χ0n) is 11.1. The van der Waals surface area contributed by atoms with E-state index >= 15 is 0 Å². The predicted molar refractivity (Wildman–Crippen MR) is 71.7 cm³/mol. The maximum absolute atomic E-state index is 11.8. The lowest BCUT2D eigenvalue weighted by atomic mass is 9.84. The molecule has 1 aliphatic carbocycles. The van der Waals surface area contributed by atoms with Gasteiger partial charge in [-0.25, -0.2) is 0 Å². The Morgan fingerprint density at radius 3 is 2.89 bits per heavy atom. The molecule has 0 radical (unpaired) electrons. The van der Waals surface area contributed by atoms with E-state index < -0.39 is 0 Å². The highest BCUT2D eigenvalue weighted by Gasteiger charge is 2.41. The molecule has 2 fully saturated rings. The summed E-state index contributed by atoms with van der Waals surface area (Å²) in [5.74, 6) is 0.529. The molecular formula is C16H20O3. The van der Waals surface area contributed by atoms with E-state index in [4.69, 9.17) is 9.47 Å². The minimum Gasteiger partial charge on any atom is -0.374 e. The molecule has 1 heterocycles. The summed E-state index contributed by atoms with van der Waals surface area (Å²) in [5.41, 5.74) is 1.17. The van der Waals surface area contributed by atoms with Crippen LogP contribution in [-0.2, 0) is 20.9 Å². The van der Waals surface area contributed by atoms with Gasteiger partial charge in [0.2, 0.25) is 0 Å². The van der Waals surface area contributed by atoms with Gasteiger partial charge < -0.3 is 9.47 Å². The highest BCUT2D eigenvalue weighted by Crippen LogP contribution is 2.35. The highest BCUT2D eigenvalue weighted by molar-refractivity contribution is 5.82. The predicted octanol–water partition coefficient (Wildman–Crippen LogP) is 2.73. The van der Waals surface area contributed by atoms with Gasteiger partial charge in [0.1, 0.15) is 5.78 Å². The maximum atomic E-state index is 11.8. The Balaban J connectivity index is 1.46. The van der Waals surface area contributed by atoms with Crippen LogP contribution in [-0.4, -0.2) is 24.6 Å². The largest absolute Gasteiger partial charge is 0.374 e. The van der Waals surface area contributed by atoms with E-state index in [1.807, 2.05) is 18.2 Å². The molecule has 1 saturated heterocycles. The van der Waals surface area contributed by atoms with E-state index in [0.717, 1.165) is 25.7 Å². The Morgan fingerprint density at radius 1 is 1.26 bits per heavy atom. The summed E-state index contributed by atoms with van der Waals surface area (Å²) in [6, 6.07) is 10.1. The van der Waals surface area contributed by atoms with Gasteiger partial charge in [0.05, 0.1) is 25.4 Å². The fourth-order valence-electron chi connectivity index (χ4n) is 3.09. The molecule has 102 valence electrons. The topological polar surface area (TPSA) is 35.5 Å². The number of ether oxygens (including phenoxy) is 2. The molecule has 1 aliphatic heterocycles. The first-order valence-corrected chi connectivity index (χ1v) is 7.13. The molecule has 1 aromatic rings. The van der Waals surface area contributed by atoms with Crippen LogP contribution in [0.2, 0.25) is 0 Å². The first-order chi connectivity index (χ1) is 9.33. The second kappa shape index (κ2) is 5.85. The molecule has 3 heteroatoms. The lowest BCUT2D eigenvalue weighted by Gasteiger charge is -2.22. The molecule has 0 bridgehead atoms. The molecule has 3 nitrogen and oxygen atoms in total. The van der Waals surface area contributed by atoms with Gasteiger partial charge in [-0.2, -0.15) is 0 Å². The fourth-order valence-corrected chi connectivity index (χ4v) is 3.09. The van der Waals surface area contributed by atoms with Crippen LogP contribution in [0.4, 0.5) is 0 Å². The van der Waals surface area contributed by atoms with Gasteiger partial charge in [-0.15, -0.1) is 0 Å². The third kappa shape index (κ3) is 3.04. The number of carbonyl (C=O) groups is 1. The Kier molecular flexibility index (Phi) is 3.95. The number of rotatable bonds is 4. The quantitative estimate of drug-likeness (QED) is 0.835. The summed E-state index contributed by atoms with van der Waals surface area (Å²) in [6.45, 7) is 1.21. The van der Waals surface area contributed by atoms with Crippen molar-refractivity contribution in [3.63, 3.8) is 0 Å². The number of fused-ring (bicyclic) bond motifs is 1. The Hall–Kier alpha value is -1.19. The maximum Gasteiger partial charge on any atom is 0.138 e. The summed E-state index contributed by atoms with van der Waals surface area (Å²) in [7, 11) is 0. The van der Waals surface area contributed by atoms with E-state index in [0.29, 0.717) is 19.0 Å². The van der Waals surface area contributed by atoms with Crippen LogP contribution >= 0.6 is 0 Å². The van der Waals surface area contributed by atoms with Gasteiger partial charge in [-0.05, 0) is 24.8 Å². The van der Waals surface area contributed by atoms with Crippen molar-refractivity contribution in [2.45, 2.75) is 44.5 Å². The number of ketones is 1. The van der Waals surface area contributed by atoms with Crippen molar-refractivity contribution >= 4 is 5.78 Å². The second-order valence-corrected chi connectivity index (χ2v) is 5.50.